The largest absolute Gasteiger partial charge is 0.481 e. The third-order valence-electron chi connectivity index (χ3n) is 4.03. The Bertz CT molecular complexity index is 499. The molecule has 5 nitrogen and oxygen atoms in total. The molecule has 1 aromatic rings. The van der Waals surface area contributed by atoms with Gasteiger partial charge in [0.25, 0.3) is 0 Å². The molecule has 1 aliphatic carbocycles. The van der Waals surface area contributed by atoms with Gasteiger partial charge in [0, 0.05) is 24.8 Å². The number of carboxylic acid groups (broad SMARTS) is 1. The topological polar surface area (TPSA) is 66.3 Å². The molecule has 1 saturated heterocycles. The first-order valence-corrected chi connectivity index (χ1v) is 6.64. The van der Waals surface area contributed by atoms with E-state index in [4.69, 9.17) is 5.11 Å². The van der Waals surface area contributed by atoms with Crippen molar-refractivity contribution < 1.29 is 9.90 Å². The number of anilines is 1. The molecule has 1 N–H and O–H groups in total. The maximum Gasteiger partial charge on any atom is 0.308 e. The summed E-state index contributed by atoms with van der Waals surface area (Å²) < 4.78 is 0. The summed E-state index contributed by atoms with van der Waals surface area (Å²) >= 11 is 0. The number of aromatic nitrogens is 2. The van der Waals surface area contributed by atoms with Crippen molar-refractivity contribution in [1.29, 1.82) is 0 Å². The molecule has 0 unspecified atom stereocenters. The normalized spacial score (nSPS) is 25.4. The lowest BCUT2D eigenvalue weighted by Gasteiger charge is -2.19. The minimum absolute atomic E-state index is 0.0136. The summed E-state index contributed by atoms with van der Waals surface area (Å²) in [7, 11) is 0. The van der Waals surface area contributed by atoms with Crippen LogP contribution in [0.1, 0.15) is 18.4 Å². The minimum Gasteiger partial charge on any atom is -0.481 e. The molecule has 2 atom stereocenters. The fourth-order valence-corrected chi connectivity index (χ4v) is 3.11. The van der Waals surface area contributed by atoms with Gasteiger partial charge in [0.15, 0.2) is 0 Å². The standard InChI is InChI=1S/C14H17N3O2/c18-13(19)5-12-6-15-9-16-14(12)17-7-10-3-1-2-4-11(10)8-17/h1-2,6,9-11H,3-5,7-8H2,(H,18,19)/t10-,11+. The van der Waals surface area contributed by atoms with E-state index in [0.29, 0.717) is 17.4 Å². The molecular formula is C14H17N3O2. The number of allylic oxidation sites excluding steroid dienone is 2. The fraction of sp³-hybridized carbons (Fsp3) is 0.500. The number of hydrogen-bond acceptors (Lipinski definition) is 4. The Balaban J connectivity index is 1.81. The van der Waals surface area contributed by atoms with Gasteiger partial charge in [-0.25, -0.2) is 9.97 Å². The lowest BCUT2D eigenvalue weighted by Crippen LogP contribution is -2.23. The monoisotopic (exact) mass is 259 g/mol. The Hall–Kier alpha value is -1.91. The van der Waals surface area contributed by atoms with Gasteiger partial charge in [-0.1, -0.05) is 12.2 Å². The molecule has 3 rings (SSSR count). The van der Waals surface area contributed by atoms with Crippen LogP contribution in [0.25, 0.3) is 0 Å². The fourth-order valence-electron chi connectivity index (χ4n) is 3.11. The molecule has 0 saturated carbocycles. The van der Waals surface area contributed by atoms with E-state index in [1.54, 1.807) is 6.20 Å². The molecule has 1 aromatic heterocycles. The summed E-state index contributed by atoms with van der Waals surface area (Å²) in [5.74, 6) is 1.32. The second-order valence-electron chi connectivity index (χ2n) is 5.31. The Morgan fingerprint density at radius 1 is 1.32 bits per heavy atom. The van der Waals surface area contributed by atoms with E-state index < -0.39 is 5.97 Å². The van der Waals surface area contributed by atoms with Gasteiger partial charge in [0.1, 0.15) is 12.1 Å². The predicted molar refractivity (Wildman–Crippen MR) is 70.9 cm³/mol. The number of aliphatic carboxylic acids is 1. The van der Waals surface area contributed by atoms with E-state index in [9.17, 15) is 4.79 Å². The zero-order valence-corrected chi connectivity index (χ0v) is 10.7. The van der Waals surface area contributed by atoms with Gasteiger partial charge in [-0.3, -0.25) is 4.79 Å². The second kappa shape index (κ2) is 4.99. The highest BCUT2D eigenvalue weighted by Gasteiger charge is 2.34. The van der Waals surface area contributed by atoms with Gasteiger partial charge in [0.05, 0.1) is 6.42 Å². The van der Waals surface area contributed by atoms with Gasteiger partial charge in [-0.2, -0.15) is 0 Å². The molecule has 1 aliphatic heterocycles. The number of fused-ring (bicyclic) bond motifs is 1. The van der Waals surface area contributed by atoms with Crippen molar-refractivity contribution in [1.82, 2.24) is 9.97 Å². The van der Waals surface area contributed by atoms with Gasteiger partial charge >= 0.3 is 5.97 Å². The maximum atomic E-state index is 10.9. The lowest BCUT2D eigenvalue weighted by atomic mass is 9.86. The van der Waals surface area contributed by atoms with E-state index >= 15 is 0 Å². The summed E-state index contributed by atoms with van der Waals surface area (Å²) in [6, 6.07) is 0. The molecule has 0 bridgehead atoms. The van der Waals surface area contributed by atoms with Crippen LogP contribution in [-0.2, 0) is 11.2 Å². The molecule has 1 fully saturated rings. The van der Waals surface area contributed by atoms with Crippen LogP contribution in [0.2, 0.25) is 0 Å². The van der Waals surface area contributed by atoms with Crippen LogP contribution >= 0.6 is 0 Å². The van der Waals surface area contributed by atoms with E-state index in [0.717, 1.165) is 31.7 Å². The maximum absolute atomic E-state index is 10.9. The highest BCUT2D eigenvalue weighted by atomic mass is 16.4. The average molecular weight is 259 g/mol. The molecule has 0 amide bonds. The van der Waals surface area contributed by atoms with Crippen LogP contribution in [0.5, 0.6) is 0 Å². The zero-order valence-electron chi connectivity index (χ0n) is 10.7. The third kappa shape index (κ3) is 2.45. The number of nitrogens with zero attached hydrogens (tertiary/aromatic N) is 3. The summed E-state index contributed by atoms with van der Waals surface area (Å²) in [5.41, 5.74) is 0.710. The van der Waals surface area contributed by atoms with E-state index in [1.807, 2.05) is 0 Å². The van der Waals surface area contributed by atoms with E-state index in [2.05, 4.69) is 27.0 Å². The number of hydrogen-bond donors (Lipinski definition) is 1. The predicted octanol–water partition coefficient (Wildman–Crippen LogP) is 1.51. The Morgan fingerprint density at radius 3 is 2.63 bits per heavy atom. The smallest absolute Gasteiger partial charge is 0.308 e. The molecule has 2 heterocycles. The van der Waals surface area contributed by atoms with Crippen molar-refractivity contribution in [2.24, 2.45) is 11.8 Å². The summed E-state index contributed by atoms with van der Waals surface area (Å²) in [6.07, 6.45) is 9.87. The average Bonchev–Trinajstić information content (AvgIpc) is 2.82. The third-order valence-corrected chi connectivity index (χ3v) is 4.03. The molecular weight excluding hydrogens is 242 g/mol. The number of rotatable bonds is 3. The molecule has 0 spiro atoms. The summed E-state index contributed by atoms with van der Waals surface area (Å²) in [5, 5.41) is 8.96. The van der Waals surface area contributed by atoms with Crippen LogP contribution in [0, 0.1) is 11.8 Å². The van der Waals surface area contributed by atoms with Crippen LogP contribution in [0.4, 0.5) is 5.82 Å². The highest BCUT2D eigenvalue weighted by molar-refractivity contribution is 5.72. The van der Waals surface area contributed by atoms with Gasteiger partial charge in [0.2, 0.25) is 0 Å². The van der Waals surface area contributed by atoms with Crippen LogP contribution in [0.15, 0.2) is 24.7 Å². The lowest BCUT2D eigenvalue weighted by molar-refractivity contribution is -0.136. The van der Waals surface area contributed by atoms with Gasteiger partial charge in [-0.05, 0) is 24.7 Å². The molecule has 2 aliphatic rings. The molecule has 5 heteroatoms. The Labute approximate surface area is 112 Å². The molecule has 19 heavy (non-hydrogen) atoms. The number of carboxylic acids is 1. The van der Waals surface area contributed by atoms with Gasteiger partial charge in [-0.15, -0.1) is 0 Å². The first-order valence-electron chi connectivity index (χ1n) is 6.64. The van der Waals surface area contributed by atoms with E-state index in [1.165, 1.54) is 6.33 Å². The summed E-state index contributed by atoms with van der Waals surface area (Å²) in [6.45, 7) is 1.94. The number of carbonyl (C=O) groups is 1. The van der Waals surface area contributed by atoms with Gasteiger partial charge < -0.3 is 10.0 Å². The summed E-state index contributed by atoms with van der Waals surface area (Å²) in [4.78, 5) is 21.4. The quantitative estimate of drug-likeness (QED) is 0.833. The Morgan fingerprint density at radius 2 is 2.00 bits per heavy atom. The van der Waals surface area contributed by atoms with Crippen LogP contribution in [-0.4, -0.2) is 34.1 Å². The first-order chi connectivity index (χ1) is 9.24. The van der Waals surface area contributed by atoms with Crippen LogP contribution < -0.4 is 4.90 Å². The van der Waals surface area contributed by atoms with E-state index in [-0.39, 0.29) is 6.42 Å². The molecule has 0 aromatic carbocycles. The van der Waals surface area contributed by atoms with Crippen molar-refractivity contribution in [2.75, 3.05) is 18.0 Å². The van der Waals surface area contributed by atoms with Crippen molar-refractivity contribution in [3.63, 3.8) is 0 Å². The zero-order chi connectivity index (χ0) is 13.2. The van der Waals surface area contributed by atoms with Crippen molar-refractivity contribution >= 4 is 11.8 Å². The Kier molecular flexibility index (Phi) is 3.19. The minimum atomic E-state index is -0.839. The molecule has 0 radical (unpaired) electrons. The van der Waals surface area contributed by atoms with Crippen molar-refractivity contribution in [3.8, 4) is 0 Å². The highest BCUT2D eigenvalue weighted by Crippen LogP contribution is 2.35. The first kappa shape index (κ1) is 12.1. The van der Waals surface area contributed by atoms with Crippen LogP contribution in [0.3, 0.4) is 0 Å². The second-order valence-corrected chi connectivity index (χ2v) is 5.31. The van der Waals surface area contributed by atoms with Crippen molar-refractivity contribution in [2.45, 2.75) is 19.3 Å². The SMILES string of the molecule is O=C(O)Cc1cncnc1N1C[C@H]2CC=CC[C@H]2C1. The van der Waals surface area contributed by atoms with Crippen molar-refractivity contribution in [3.05, 3.63) is 30.2 Å². The molecule has 100 valence electrons.